The first-order valence-corrected chi connectivity index (χ1v) is 6.51. The van der Waals surface area contributed by atoms with Crippen LogP contribution in [0.2, 0.25) is 0 Å². The van der Waals surface area contributed by atoms with Gasteiger partial charge in [0, 0.05) is 12.1 Å². The number of aromatic hydroxyl groups is 2. The van der Waals surface area contributed by atoms with Crippen LogP contribution in [0.3, 0.4) is 0 Å². The van der Waals surface area contributed by atoms with Crippen molar-refractivity contribution in [2.75, 3.05) is 0 Å². The molecule has 6 heteroatoms. The molecule has 0 aliphatic heterocycles. The van der Waals surface area contributed by atoms with E-state index >= 15 is 0 Å². The van der Waals surface area contributed by atoms with Gasteiger partial charge in [0.05, 0.1) is 0 Å². The molecule has 0 saturated carbocycles. The third-order valence-electron chi connectivity index (χ3n) is 3.15. The first-order chi connectivity index (χ1) is 10.4. The summed E-state index contributed by atoms with van der Waals surface area (Å²) < 4.78 is 0. The fourth-order valence-corrected chi connectivity index (χ4v) is 2.13. The molecule has 0 aliphatic rings. The second-order valence-electron chi connectivity index (χ2n) is 4.85. The standard InChI is InChI=1S/C16H15NO5/c1-9-5-11(7-13(19)14(9)16(21)22)15(20)17-8-10-3-2-4-12(18)6-10/h2-7,18-19H,8H2,1H3,(H,17,20)(H,21,22). The highest BCUT2D eigenvalue weighted by molar-refractivity contribution is 5.98. The maximum atomic E-state index is 12.1. The highest BCUT2D eigenvalue weighted by atomic mass is 16.4. The van der Waals surface area contributed by atoms with Gasteiger partial charge in [-0.05, 0) is 42.3 Å². The van der Waals surface area contributed by atoms with Crippen molar-refractivity contribution in [3.8, 4) is 11.5 Å². The molecule has 0 fully saturated rings. The molecule has 0 saturated heterocycles. The number of aryl methyl sites for hydroxylation is 1. The highest BCUT2D eigenvalue weighted by Crippen LogP contribution is 2.23. The van der Waals surface area contributed by atoms with Crippen molar-refractivity contribution in [2.24, 2.45) is 0 Å². The number of phenolic OH excluding ortho intramolecular Hbond substituents is 1. The fraction of sp³-hybridized carbons (Fsp3) is 0.125. The smallest absolute Gasteiger partial charge is 0.339 e. The molecule has 0 unspecified atom stereocenters. The van der Waals surface area contributed by atoms with Crippen molar-refractivity contribution in [2.45, 2.75) is 13.5 Å². The van der Waals surface area contributed by atoms with E-state index in [0.29, 0.717) is 5.56 Å². The van der Waals surface area contributed by atoms with Gasteiger partial charge in [-0.1, -0.05) is 12.1 Å². The Bertz CT molecular complexity index is 716. The number of amides is 1. The van der Waals surface area contributed by atoms with Gasteiger partial charge in [-0.15, -0.1) is 0 Å². The van der Waals surface area contributed by atoms with Gasteiger partial charge >= 0.3 is 5.97 Å². The number of carboxylic acid groups (broad SMARTS) is 1. The van der Waals surface area contributed by atoms with Crippen LogP contribution >= 0.6 is 0 Å². The molecule has 0 atom stereocenters. The molecule has 4 N–H and O–H groups in total. The zero-order chi connectivity index (χ0) is 16.3. The Morgan fingerprint density at radius 1 is 1.14 bits per heavy atom. The fourth-order valence-electron chi connectivity index (χ4n) is 2.13. The molecular weight excluding hydrogens is 286 g/mol. The van der Waals surface area contributed by atoms with Crippen LogP contribution in [0.5, 0.6) is 11.5 Å². The average molecular weight is 301 g/mol. The molecule has 2 rings (SSSR count). The second kappa shape index (κ2) is 6.17. The Labute approximate surface area is 126 Å². The van der Waals surface area contributed by atoms with Gasteiger partial charge in [-0.25, -0.2) is 4.79 Å². The number of carbonyl (C=O) groups is 2. The predicted octanol–water partition coefficient (Wildman–Crippen LogP) is 2.03. The molecule has 0 heterocycles. The minimum Gasteiger partial charge on any atom is -0.508 e. The number of carbonyl (C=O) groups excluding carboxylic acids is 1. The molecule has 6 nitrogen and oxygen atoms in total. The Kier molecular flexibility index (Phi) is 4.31. The van der Waals surface area contributed by atoms with E-state index in [1.54, 1.807) is 12.1 Å². The van der Waals surface area contributed by atoms with Gasteiger partial charge in [0.25, 0.3) is 5.91 Å². The van der Waals surface area contributed by atoms with E-state index in [2.05, 4.69) is 5.32 Å². The van der Waals surface area contributed by atoms with Crippen molar-refractivity contribution in [3.63, 3.8) is 0 Å². The molecule has 1 amide bonds. The lowest BCUT2D eigenvalue weighted by Crippen LogP contribution is -2.23. The van der Waals surface area contributed by atoms with Crippen LogP contribution in [-0.4, -0.2) is 27.2 Å². The largest absolute Gasteiger partial charge is 0.508 e. The van der Waals surface area contributed by atoms with Crippen LogP contribution in [0.25, 0.3) is 0 Å². The lowest BCUT2D eigenvalue weighted by molar-refractivity contribution is 0.0692. The molecule has 0 aromatic heterocycles. The number of rotatable bonds is 4. The SMILES string of the molecule is Cc1cc(C(=O)NCc2cccc(O)c2)cc(O)c1C(=O)O. The predicted molar refractivity (Wildman–Crippen MR) is 79.1 cm³/mol. The molecule has 2 aromatic rings. The van der Waals surface area contributed by atoms with Gasteiger partial charge in [0.2, 0.25) is 0 Å². The summed E-state index contributed by atoms with van der Waals surface area (Å²) in [5.41, 5.74) is 0.969. The molecule has 0 bridgehead atoms. The maximum Gasteiger partial charge on any atom is 0.339 e. The van der Waals surface area contributed by atoms with Gasteiger partial charge < -0.3 is 20.6 Å². The Morgan fingerprint density at radius 2 is 1.86 bits per heavy atom. The Morgan fingerprint density at radius 3 is 2.45 bits per heavy atom. The van der Waals surface area contributed by atoms with Crippen LogP contribution in [-0.2, 0) is 6.54 Å². The van der Waals surface area contributed by atoms with Crippen molar-refractivity contribution >= 4 is 11.9 Å². The number of benzene rings is 2. The lowest BCUT2D eigenvalue weighted by Gasteiger charge is -2.09. The monoisotopic (exact) mass is 301 g/mol. The van der Waals surface area contributed by atoms with Gasteiger partial charge in [-0.3, -0.25) is 4.79 Å². The van der Waals surface area contributed by atoms with E-state index in [4.69, 9.17) is 5.11 Å². The minimum atomic E-state index is -1.25. The Hall–Kier alpha value is -3.02. The van der Waals surface area contributed by atoms with E-state index < -0.39 is 17.6 Å². The van der Waals surface area contributed by atoms with Crippen LogP contribution in [0.1, 0.15) is 31.8 Å². The summed E-state index contributed by atoms with van der Waals surface area (Å²) in [5.74, 6) is -2.04. The molecule has 114 valence electrons. The summed E-state index contributed by atoms with van der Waals surface area (Å²) in [6.07, 6.45) is 0. The average Bonchev–Trinajstić information content (AvgIpc) is 2.43. The molecule has 0 aliphatic carbocycles. The molecule has 0 radical (unpaired) electrons. The summed E-state index contributed by atoms with van der Waals surface area (Å²) in [6, 6.07) is 8.98. The zero-order valence-corrected chi connectivity index (χ0v) is 11.8. The van der Waals surface area contributed by atoms with E-state index in [9.17, 15) is 19.8 Å². The maximum absolute atomic E-state index is 12.1. The first kappa shape index (κ1) is 15.4. The van der Waals surface area contributed by atoms with Crippen molar-refractivity contribution in [1.82, 2.24) is 5.32 Å². The van der Waals surface area contributed by atoms with Gasteiger partial charge in [0.15, 0.2) is 0 Å². The van der Waals surface area contributed by atoms with Crippen LogP contribution in [0.15, 0.2) is 36.4 Å². The topological polar surface area (TPSA) is 107 Å². The summed E-state index contributed by atoms with van der Waals surface area (Å²) in [4.78, 5) is 23.0. The van der Waals surface area contributed by atoms with Crippen LogP contribution in [0.4, 0.5) is 0 Å². The normalized spacial score (nSPS) is 10.2. The number of hydrogen-bond donors (Lipinski definition) is 4. The summed E-state index contributed by atoms with van der Waals surface area (Å²) >= 11 is 0. The number of nitrogens with one attached hydrogen (secondary N) is 1. The van der Waals surface area contributed by atoms with Crippen LogP contribution < -0.4 is 5.32 Å². The highest BCUT2D eigenvalue weighted by Gasteiger charge is 2.17. The third-order valence-corrected chi connectivity index (χ3v) is 3.15. The van der Waals surface area contributed by atoms with E-state index in [-0.39, 0.29) is 23.4 Å². The third kappa shape index (κ3) is 3.35. The van der Waals surface area contributed by atoms with Crippen molar-refractivity contribution < 1.29 is 24.9 Å². The van der Waals surface area contributed by atoms with Crippen molar-refractivity contribution in [3.05, 3.63) is 58.7 Å². The lowest BCUT2D eigenvalue weighted by atomic mass is 10.0. The number of carboxylic acids is 1. The summed E-state index contributed by atoms with van der Waals surface area (Å²) in [5, 5.41) is 30.7. The second-order valence-corrected chi connectivity index (χ2v) is 4.85. The van der Waals surface area contributed by atoms with Gasteiger partial charge in [-0.2, -0.15) is 0 Å². The molecular formula is C16H15NO5. The van der Waals surface area contributed by atoms with Gasteiger partial charge in [0.1, 0.15) is 17.1 Å². The summed E-state index contributed by atoms with van der Waals surface area (Å²) in [6.45, 7) is 1.71. The first-order valence-electron chi connectivity index (χ1n) is 6.51. The molecule has 22 heavy (non-hydrogen) atoms. The molecule has 2 aromatic carbocycles. The van der Waals surface area contributed by atoms with Crippen molar-refractivity contribution in [1.29, 1.82) is 0 Å². The zero-order valence-electron chi connectivity index (χ0n) is 11.8. The minimum absolute atomic E-state index is 0.103. The van der Waals surface area contributed by atoms with E-state index in [1.165, 1.54) is 25.1 Å². The van der Waals surface area contributed by atoms with Crippen LogP contribution in [0, 0.1) is 6.92 Å². The van der Waals surface area contributed by atoms with E-state index in [1.807, 2.05) is 0 Å². The van der Waals surface area contributed by atoms with E-state index in [0.717, 1.165) is 11.6 Å². The Balaban J connectivity index is 2.15. The molecule has 0 spiro atoms. The summed E-state index contributed by atoms with van der Waals surface area (Å²) in [7, 11) is 0. The number of aromatic carboxylic acids is 1. The quantitative estimate of drug-likeness (QED) is 0.691. The number of hydrogen-bond acceptors (Lipinski definition) is 4. The number of phenols is 2.